The third-order valence-electron chi connectivity index (χ3n) is 16.1. The van der Waals surface area contributed by atoms with Gasteiger partial charge in [0.05, 0.1) is 36.2 Å². The van der Waals surface area contributed by atoms with Crippen LogP contribution in [-0.4, -0.2) is 171 Å². The number of imide groups is 1. The number of amides is 6. The van der Waals surface area contributed by atoms with Crippen LogP contribution in [0.2, 0.25) is 0 Å². The SMILES string of the molecule is COc1ccc(C(=O)N2C[C@H](C)N(CC3CCN(c4nc(C(CC(CN(C)C(=O)O)N(C)C(=O)O)(OC5CC5)c5ccccc5)c5cc(-c6cn(C)c(=O)c7[nH]ccc67)ccc5n4)CC3)C[C@H]2C)cc1N1CCC(=O)NC1=O. The molecule has 0 bridgehead atoms. The van der Waals surface area contributed by atoms with Gasteiger partial charge in [0, 0.05) is 126 Å². The summed E-state index contributed by atoms with van der Waals surface area (Å²) in [6.45, 7) is 7.55. The molecule has 3 aromatic carbocycles. The van der Waals surface area contributed by atoms with Crippen LogP contribution >= 0.6 is 0 Å². The first kappa shape index (κ1) is 53.4. The first-order valence-corrected chi connectivity index (χ1v) is 26.6. The Bertz CT molecular complexity index is 3340. The van der Waals surface area contributed by atoms with Crippen LogP contribution in [0, 0.1) is 5.92 Å². The Labute approximate surface area is 451 Å². The van der Waals surface area contributed by atoms with Gasteiger partial charge in [0.1, 0.15) is 16.9 Å². The number of hydrogen-bond donors (Lipinski definition) is 4. The number of nitrogens with zero attached hydrogens (tertiary/aromatic N) is 9. The van der Waals surface area contributed by atoms with Crippen LogP contribution < -0.4 is 25.4 Å². The first-order valence-electron chi connectivity index (χ1n) is 26.6. The smallest absolute Gasteiger partial charge is 0.407 e. The molecule has 0 spiro atoms. The monoisotopic (exact) mass is 1070 g/mol. The second-order valence-corrected chi connectivity index (χ2v) is 21.4. The molecular formula is C57H67N11O10. The molecule has 6 heterocycles. The molecule has 4 atom stereocenters. The predicted molar refractivity (Wildman–Crippen MR) is 293 cm³/mol. The molecule has 10 rings (SSSR count). The summed E-state index contributed by atoms with van der Waals surface area (Å²) in [7, 11) is 6.09. The standard InChI is InChI=1S/C57H67N11O10/c1-34-30-68(51(70)38-13-17-47(77-6)46(27-38)67-25-21-48(69)60-54(67)72)35(2)29-66(34)31-36-19-23-65(24-20-36)53-59-45-16-12-37(44-33-62(3)52(71)49-42(44)18-22-58-49)26-43(45)50(61-53)57(78-41-14-15-41,39-10-8-7-9-11-39)28-40(64(5)56(75)76)32-63(4)55(73)74/h7-13,16-18,22,26-27,33-36,40-41,58H,14-15,19-21,23-25,28-32H2,1-6H3,(H,73,74)(H,75,76)(H,60,69,72)/t34-,35+,40?,57?/m0/s1. The predicted octanol–water partition coefficient (Wildman–Crippen LogP) is 6.78. The number of aromatic amines is 1. The second-order valence-electron chi connectivity index (χ2n) is 21.4. The number of carbonyl (C=O) groups excluding carboxylic acids is 3. The summed E-state index contributed by atoms with van der Waals surface area (Å²) >= 11 is 0. The largest absolute Gasteiger partial charge is 0.495 e. The van der Waals surface area contributed by atoms with E-state index in [0.29, 0.717) is 77.2 Å². The van der Waals surface area contributed by atoms with E-state index in [4.69, 9.17) is 19.4 Å². The van der Waals surface area contributed by atoms with Crippen molar-refractivity contribution in [2.75, 3.05) is 76.8 Å². The van der Waals surface area contributed by atoms with Crippen LogP contribution in [0.3, 0.4) is 0 Å². The van der Waals surface area contributed by atoms with Crippen LogP contribution in [0.25, 0.3) is 32.9 Å². The second kappa shape index (κ2) is 21.8. The summed E-state index contributed by atoms with van der Waals surface area (Å²) in [5.41, 5.74) is 3.24. The van der Waals surface area contributed by atoms with Gasteiger partial charge in [-0.3, -0.25) is 29.5 Å². The Kier molecular flexibility index (Phi) is 14.9. The maximum atomic E-state index is 14.2. The lowest BCUT2D eigenvalue weighted by atomic mass is 9.81. The van der Waals surface area contributed by atoms with Crippen LogP contribution in [0.4, 0.5) is 26.0 Å². The quantitative estimate of drug-likeness (QED) is 0.0782. The van der Waals surface area contributed by atoms with Gasteiger partial charge in [-0.1, -0.05) is 36.4 Å². The fourth-order valence-corrected chi connectivity index (χ4v) is 11.5. The molecule has 6 aromatic rings. The van der Waals surface area contributed by atoms with Crippen molar-refractivity contribution in [1.29, 1.82) is 0 Å². The lowest BCUT2D eigenvalue weighted by Crippen LogP contribution is -2.59. The Balaban J connectivity index is 0.955. The van der Waals surface area contributed by atoms with Gasteiger partial charge in [-0.15, -0.1) is 0 Å². The maximum absolute atomic E-state index is 14.2. The molecule has 21 heteroatoms. The van der Waals surface area contributed by atoms with Crippen LogP contribution in [0.1, 0.15) is 74.0 Å². The molecule has 3 aromatic heterocycles. The van der Waals surface area contributed by atoms with Crippen LogP contribution in [0.15, 0.2) is 90.0 Å². The van der Waals surface area contributed by atoms with Crippen molar-refractivity contribution < 1.29 is 43.7 Å². The van der Waals surface area contributed by atoms with Crippen molar-refractivity contribution in [3.8, 4) is 16.9 Å². The van der Waals surface area contributed by atoms with E-state index in [9.17, 15) is 39.0 Å². The van der Waals surface area contributed by atoms with Gasteiger partial charge in [0.2, 0.25) is 11.9 Å². The number of hydrogen-bond acceptors (Lipinski definition) is 12. The van der Waals surface area contributed by atoms with E-state index < -0.39 is 29.9 Å². The number of piperazine rings is 1. The van der Waals surface area contributed by atoms with Crippen molar-refractivity contribution in [2.24, 2.45) is 13.0 Å². The number of methoxy groups -OCH3 is 1. The normalized spacial score (nSPS) is 19.6. The Morgan fingerprint density at radius 2 is 1.63 bits per heavy atom. The number of aryl methyl sites for hydroxylation is 1. The third kappa shape index (κ3) is 10.5. The minimum Gasteiger partial charge on any atom is -0.495 e. The fourth-order valence-electron chi connectivity index (χ4n) is 11.5. The van der Waals surface area contributed by atoms with Crippen molar-refractivity contribution in [3.63, 3.8) is 0 Å². The Morgan fingerprint density at radius 1 is 0.872 bits per heavy atom. The maximum Gasteiger partial charge on any atom is 0.407 e. The van der Waals surface area contributed by atoms with E-state index in [-0.39, 0.29) is 61.5 Å². The van der Waals surface area contributed by atoms with E-state index >= 15 is 0 Å². The number of anilines is 2. The van der Waals surface area contributed by atoms with Crippen molar-refractivity contribution in [2.45, 2.75) is 82.2 Å². The zero-order valence-corrected chi connectivity index (χ0v) is 44.8. The number of benzene rings is 3. The molecule has 1 saturated carbocycles. The van der Waals surface area contributed by atoms with Gasteiger partial charge >= 0.3 is 18.2 Å². The van der Waals surface area contributed by atoms with E-state index in [1.807, 2.05) is 65.7 Å². The van der Waals surface area contributed by atoms with Gasteiger partial charge in [0.15, 0.2) is 0 Å². The Morgan fingerprint density at radius 3 is 2.32 bits per heavy atom. The lowest BCUT2D eigenvalue weighted by molar-refractivity contribution is -0.120. The number of fused-ring (bicyclic) bond motifs is 2. The molecule has 410 valence electrons. The van der Waals surface area contributed by atoms with E-state index in [1.165, 1.54) is 26.1 Å². The molecule has 78 heavy (non-hydrogen) atoms. The number of carboxylic acid groups (broad SMARTS) is 2. The minimum absolute atomic E-state index is 0.0186. The average Bonchev–Trinajstić information content (AvgIpc) is 4.20. The molecule has 4 fully saturated rings. The number of nitrogens with one attached hydrogen (secondary N) is 2. The number of urea groups is 1. The van der Waals surface area contributed by atoms with Crippen molar-refractivity contribution >= 4 is 63.5 Å². The molecule has 1 aliphatic carbocycles. The molecule has 6 amide bonds. The minimum atomic E-state index is -1.41. The van der Waals surface area contributed by atoms with Crippen molar-refractivity contribution in [1.82, 2.24) is 44.4 Å². The number of likely N-dealkylation sites (N-methyl/N-ethyl adjacent to an activating group) is 2. The van der Waals surface area contributed by atoms with E-state index in [1.54, 1.807) is 36.0 Å². The molecule has 21 nitrogen and oxygen atoms in total. The van der Waals surface area contributed by atoms with Gasteiger partial charge in [-0.05, 0) is 93.0 Å². The highest BCUT2D eigenvalue weighted by Crippen LogP contribution is 2.47. The van der Waals surface area contributed by atoms with E-state index in [2.05, 4.69) is 33.9 Å². The fraction of sp³-hybridized carbons (Fsp3) is 0.439. The molecular weight excluding hydrogens is 999 g/mol. The summed E-state index contributed by atoms with van der Waals surface area (Å²) in [5, 5.41) is 24.4. The number of aromatic nitrogens is 4. The summed E-state index contributed by atoms with van der Waals surface area (Å²) < 4.78 is 14.4. The van der Waals surface area contributed by atoms with Gasteiger partial charge in [-0.2, -0.15) is 0 Å². The van der Waals surface area contributed by atoms with Crippen LogP contribution in [0.5, 0.6) is 5.75 Å². The third-order valence-corrected chi connectivity index (χ3v) is 16.1. The zero-order chi connectivity index (χ0) is 55.2. The van der Waals surface area contributed by atoms with Gasteiger partial charge in [0.25, 0.3) is 11.5 Å². The molecule has 3 aliphatic heterocycles. The highest BCUT2D eigenvalue weighted by atomic mass is 16.5. The highest BCUT2D eigenvalue weighted by molar-refractivity contribution is 6.07. The number of carbonyl (C=O) groups is 5. The summed E-state index contributed by atoms with van der Waals surface area (Å²) in [6.07, 6.45) is 4.35. The van der Waals surface area contributed by atoms with Crippen LogP contribution in [-0.2, 0) is 22.2 Å². The van der Waals surface area contributed by atoms with Gasteiger partial charge in [-0.25, -0.2) is 24.4 Å². The van der Waals surface area contributed by atoms with Gasteiger partial charge < -0.3 is 48.8 Å². The first-order chi connectivity index (χ1) is 37.4. The average molecular weight is 1070 g/mol. The molecule has 3 saturated heterocycles. The molecule has 4 aliphatic rings. The highest BCUT2D eigenvalue weighted by Gasteiger charge is 2.47. The van der Waals surface area contributed by atoms with Crippen molar-refractivity contribution in [3.05, 3.63) is 112 Å². The summed E-state index contributed by atoms with van der Waals surface area (Å²) in [6, 6.07) is 21.0. The summed E-state index contributed by atoms with van der Waals surface area (Å²) in [4.78, 5) is 102. The molecule has 2 unspecified atom stereocenters. The number of piperidine rings is 1. The molecule has 0 radical (unpaired) electrons. The number of ether oxygens (including phenoxy) is 2. The topological polar surface area (TPSA) is 239 Å². The van der Waals surface area contributed by atoms with E-state index in [0.717, 1.165) is 64.1 Å². The Hall–Kier alpha value is -8.04. The number of rotatable bonds is 16. The zero-order valence-electron chi connectivity index (χ0n) is 44.8. The summed E-state index contributed by atoms with van der Waals surface area (Å²) in [5.74, 6) is 0.755. The number of H-pyrrole nitrogens is 1. The lowest BCUT2D eigenvalue weighted by Gasteiger charge is -2.46. The molecule has 4 N–H and O–H groups in total. The number of pyridine rings is 1.